The molecular weight excluding hydrogens is 504 g/mol. The van der Waals surface area contributed by atoms with E-state index in [1.54, 1.807) is 6.20 Å². The Kier molecular flexibility index (Phi) is 6.20. The highest BCUT2D eigenvalue weighted by Crippen LogP contribution is 2.45. The molecule has 5 heterocycles. The largest absolute Gasteiger partial charge is 0.382 e. The summed E-state index contributed by atoms with van der Waals surface area (Å²) in [6.07, 6.45) is 14.1. The van der Waals surface area contributed by atoms with Gasteiger partial charge in [0.2, 0.25) is 0 Å². The van der Waals surface area contributed by atoms with E-state index in [-0.39, 0.29) is 0 Å². The Balaban J connectivity index is 1.19. The molecule has 2 aromatic heterocycles. The molecule has 1 fully saturated rings. The number of aromatic nitrogens is 2. The van der Waals surface area contributed by atoms with Gasteiger partial charge in [-0.25, -0.2) is 20.0 Å². The maximum atomic E-state index is 6.38. The fraction of sp³-hybridized carbons (Fsp3) is 0.333. The molecule has 190 valence electrons. The van der Waals surface area contributed by atoms with Crippen molar-refractivity contribution in [2.24, 2.45) is 15.4 Å². The highest BCUT2D eigenvalue weighted by molar-refractivity contribution is 8.03. The number of amidine groups is 1. The zero-order valence-electron chi connectivity index (χ0n) is 20.9. The van der Waals surface area contributed by atoms with E-state index >= 15 is 0 Å². The molecule has 10 heteroatoms. The quantitative estimate of drug-likeness (QED) is 0.588. The number of aliphatic imine (C=N–C) groups is 2. The van der Waals surface area contributed by atoms with Crippen molar-refractivity contribution in [2.45, 2.75) is 30.6 Å². The van der Waals surface area contributed by atoms with Crippen LogP contribution in [-0.2, 0) is 12.8 Å². The zero-order chi connectivity index (χ0) is 25.6. The number of nitrogens with zero attached hydrogens (tertiary/aromatic N) is 6. The number of rotatable bonds is 4. The minimum Gasteiger partial charge on any atom is -0.382 e. The first-order valence-electron chi connectivity index (χ1n) is 12.4. The maximum absolute atomic E-state index is 6.38. The molecule has 1 spiro atoms. The number of likely N-dealkylation sites (N-methyl/N-ethyl adjacent to an activating group) is 1. The minimum atomic E-state index is 0.308. The predicted octanol–water partition coefficient (Wildman–Crippen LogP) is 4.72. The van der Waals surface area contributed by atoms with E-state index in [1.807, 2.05) is 49.5 Å². The smallest absolute Gasteiger partial charge is 0.147 e. The van der Waals surface area contributed by atoms with Crippen LogP contribution in [0, 0.1) is 5.41 Å². The van der Waals surface area contributed by atoms with Crippen LogP contribution in [0.1, 0.15) is 24.1 Å². The van der Waals surface area contributed by atoms with Gasteiger partial charge >= 0.3 is 0 Å². The monoisotopic (exact) mass is 532 g/mol. The van der Waals surface area contributed by atoms with Gasteiger partial charge in [-0.3, -0.25) is 0 Å². The maximum Gasteiger partial charge on any atom is 0.147 e. The van der Waals surface area contributed by atoms with Crippen LogP contribution < -0.4 is 11.1 Å². The lowest BCUT2D eigenvalue weighted by Crippen LogP contribution is -2.40. The number of thioether (sulfide) groups is 1. The fourth-order valence-electron chi connectivity index (χ4n) is 5.47. The van der Waals surface area contributed by atoms with Gasteiger partial charge in [-0.15, -0.1) is 0 Å². The van der Waals surface area contributed by atoms with Gasteiger partial charge in [-0.05, 0) is 67.0 Å². The lowest BCUT2D eigenvalue weighted by atomic mass is 9.76. The van der Waals surface area contributed by atoms with Crippen molar-refractivity contribution >= 4 is 47.0 Å². The number of allylic oxidation sites excluding steroid dienone is 2. The number of nitrogens with two attached hydrogens (primary N) is 1. The molecule has 0 unspecified atom stereocenters. The second-order valence-corrected chi connectivity index (χ2v) is 11.3. The number of piperidine rings is 1. The number of pyridine rings is 2. The predicted molar refractivity (Wildman–Crippen MR) is 152 cm³/mol. The average molecular weight is 533 g/mol. The van der Waals surface area contributed by atoms with Gasteiger partial charge in [0.1, 0.15) is 29.1 Å². The van der Waals surface area contributed by atoms with Gasteiger partial charge in [-0.2, -0.15) is 0 Å². The van der Waals surface area contributed by atoms with E-state index in [0.717, 1.165) is 71.9 Å². The van der Waals surface area contributed by atoms with Crippen molar-refractivity contribution in [1.29, 1.82) is 0 Å². The Bertz CT molecular complexity index is 1400. The molecule has 3 N–H and O–H groups in total. The number of hydrogen-bond donors (Lipinski definition) is 2. The first kappa shape index (κ1) is 24.1. The Labute approximate surface area is 226 Å². The van der Waals surface area contributed by atoms with Gasteiger partial charge in [0.25, 0.3) is 0 Å². The summed E-state index contributed by atoms with van der Waals surface area (Å²) < 4.78 is 0. The van der Waals surface area contributed by atoms with Crippen LogP contribution in [0.15, 0.2) is 74.1 Å². The SMILES string of the molecule is CNc1ccc2c(n1)CC1(CCN(C3=CC=NC4=C(Sc5ccnc(N)c5Cl)C=CC(=N3)N4C)CC1)C2. The molecule has 3 aliphatic heterocycles. The van der Waals surface area contributed by atoms with Crippen LogP contribution in [0.3, 0.4) is 0 Å². The normalized spacial score (nSPS) is 20.0. The first-order chi connectivity index (χ1) is 17.9. The summed E-state index contributed by atoms with van der Waals surface area (Å²) in [5.74, 6) is 3.92. The number of likely N-dealkylation sites (tertiary alicyclic amines) is 1. The molecule has 1 saturated heterocycles. The second kappa shape index (κ2) is 9.54. The molecule has 1 aliphatic carbocycles. The Morgan fingerprint density at radius 3 is 2.78 bits per heavy atom. The van der Waals surface area contributed by atoms with E-state index in [4.69, 9.17) is 32.3 Å². The molecule has 2 bridgehead atoms. The van der Waals surface area contributed by atoms with Gasteiger partial charge in [0.15, 0.2) is 0 Å². The summed E-state index contributed by atoms with van der Waals surface area (Å²) in [6, 6.07) is 6.19. The lowest BCUT2D eigenvalue weighted by molar-refractivity contribution is 0.135. The Morgan fingerprint density at radius 2 is 1.97 bits per heavy atom. The third-order valence-corrected chi connectivity index (χ3v) is 9.20. The van der Waals surface area contributed by atoms with Crippen LogP contribution in [0.5, 0.6) is 0 Å². The molecule has 0 radical (unpaired) electrons. The van der Waals surface area contributed by atoms with Crippen LogP contribution in [0.25, 0.3) is 0 Å². The van der Waals surface area contributed by atoms with Crippen LogP contribution in [0.2, 0.25) is 5.02 Å². The van der Waals surface area contributed by atoms with Gasteiger partial charge in [0.05, 0.1) is 9.93 Å². The highest BCUT2D eigenvalue weighted by atomic mass is 35.5. The van der Waals surface area contributed by atoms with Crippen molar-refractivity contribution in [3.8, 4) is 0 Å². The Hall–Kier alpha value is -3.30. The number of hydrogen-bond acceptors (Lipinski definition) is 9. The van der Waals surface area contributed by atoms with Crippen molar-refractivity contribution in [1.82, 2.24) is 19.8 Å². The summed E-state index contributed by atoms with van der Waals surface area (Å²) in [7, 11) is 3.92. The van der Waals surface area contributed by atoms with Crippen molar-refractivity contribution in [3.05, 3.63) is 75.5 Å². The van der Waals surface area contributed by atoms with Crippen LogP contribution in [-0.4, -0.2) is 59.0 Å². The number of anilines is 2. The zero-order valence-corrected chi connectivity index (χ0v) is 22.5. The molecule has 0 atom stereocenters. The molecule has 8 nitrogen and oxygen atoms in total. The number of nitrogens with one attached hydrogen (secondary N) is 1. The summed E-state index contributed by atoms with van der Waals surface area (Å²) in [5, 5.41) is 3.63. The first-order valence-corrected chi connectivity index (χ1v) is 13.6. The van der Waals surface area contributed by atoms with Gasteiger partial charge in [0, 0.05) is 50.2 Å². The molecule has 6 rings (SSSR count). The molecule has 0 aromatic carbocycles. The van der Waals surface area contributed by atoms with E-state index < -0.39 is 0 Å². The minimum absolute atomic E-state index is 0.308. The average Bonchev–Trinajstić information content (AvgIpc) is 3.25. The molecule has 37 heavy (non-hydrogen) atoms. The van der Waals surface area contributed by atoms with E-state index in [9.17, 15) is 0 Å². The molecule has 0 amide bonds. The third-order valence-electron chi connectivity index (χ3n) is 7.60. The van der Waals surface area contributed by atoms with Gasteiger partial charge < -0.3 is 20.9 Å². The Morgan fingerprint density at radius 1 is 1.14 bits per heavy atom. The summed E-state index contributed by atoms with van der Waals surface area (Å²) in [4.78, 5) is 24.9. The lowest BCUT2D eigenvalue weighted by Gasteiger charge is -2.40. The molecule has 2 aromatic rings. The van der Waals surface area contributed by atoms with Crippen LogP contribution in [0.4, 0.5) is 11.6 Å². The second-order valence-electron chi connectivity index (χ2n) is 9.86. The summed E-state index contributed by atoms with van der Waals surface area (Å²) >= 11 is 7.90. The number of nitrogen functional groups attached to an aromatic ring is 1. The van der Waals surface area contributed by atoms with Crippen molar-refractivity contribution < 1.29 is 0 Å². The topological polar surface area (TPSA) is 95.0 Å². The molecule has 4 aliphatic rings. The van der Waals surface area contributed by atoms with Crippen molar-refractivity contribution in [2.75, 3.05) is 38.2 Å². The molecular formula is C27H29ClN8S. The van der Waals surface area contributed by atoms with E-state index in [0.29, 0.717) is 16.3 Å². The standard InChI is InChI=1S/C27H29ClN8S/c1-30-21-5-3-17-15-27(16-18(17)33-21)9-13-36(14-10-27)23-8-12-32-26-20(4-6-22(34-23)35(26)2)37-19-7-11-31-25(29)24(19)28/h3-8,11-12H,9-10,13-16H2,1-2H3,(H2,29,31)(H,30,33). The summed E-state index contributed by atoms with van der Waals surface area (Å²) in [5.41, 5.74) is 8.86. The third kappa shape index (κ3) is 4.51. The summed E-state index contributed by atoms with van der Waals surface area (Å²) in [6.45, 7) is 1.95. The van der Waals surface area contributed by atoms with E-state index in [2.05, 4.69) is 27.3 Å². The van der Waals surface area contributed by atoms with Crippen LogP contribution >= 0.6 is 23.4 Å². The number of halogens is 1. The highest BCUT2D eigenvalue weighted by Gasteiger charge is 2.41. The van der Waals surface area contributed by atoms with E-state index in [1.165, 1.54) is 23.0 Å². The van der Waals surface area contributed by atoms with Gasteiger partial charge in [-0.1, -0.05) is 29.4 Å². The molecule has 0 saturated carbocycles. The van der Waals surface area contributed by atoms with Crippen molar-refractivity contribution in [3.63, 3.8) is 0 Å². The number of fused-ring (bicyclic) bond motifs is 3. The fourth-order valence-corrected chi connectivity index (χ4v) is 6.67.